The second-order valence-electron chi connectivity index (χ2n) is 8.69. The summed E-state index contributed by atoms with van der Waals surface area (Å²) in [5.41, 5.74) is 8.81. The normalized spacial score (nSPS) is 13.2. The van der Waals surface area contributed by atoms with E-state index in [1.54, 1.807) is 6.21 Å². The Morgan fingerprint density at radius 2 is 1.71 bits per heavy atom. The molecule has 0 fully saturated rings. The third-order valence-electron chi connectivity index (χ3n) is 6.38. The molecule has 5 rings (SSSR count). The van der Waals surface area contributed by atoms with E-state index in [2.05, 4.69) is 39.4 Å². The molecule has 0 saturated heterocycles. The molecule has 1 aliphatic carbocycles. The van der Waals surface area contributed by atoms with Crippen molar-refractivity contribution in [3.63, 3.8) is 0 Å². The number of nitrogens with one attached hydrogen (secondary N) is 1. The van der Waals surface area contributed by atoms with Crippen molar-refractivity contribution in [1.82, 2.24) is 9.99 Å². The van der Waals surface area contributed by atoms with E-state index < -0.39 is 0 Å². The fourth-order valence-corrected chi connectivity index (χ4v) is 4.68. The van der Waals surface area contributed by atoms with Gasteiger partial charge in [-0.25, -0.2) is 5.43 Å². The number of aryl methyl sites for hydroxylation is 2. The summed E-state index contributed by atoms with van der Waals surface area (Å²) in [7, 11) is 0. The lowest BCUT2D eigenvalue weighted by molar-refractivity contribution is -0.121. The Labute approximate surface area is 200 Å². The summed E-state index contributed by atoms with van der Waals surface area (Å²) >= 11 is 0. The minimum Gasteiger partial charge on any atom is -0.489 e. The van der Waals surface area contributed by atoms with Crippen molar-refractivity contribution in [2.45, 2.75) is 45.3 Å². The minimum absolute atomic E-state index is 0.0820. The smallest absolute Gasteiger partial charge is 0.241 e. The van der Waals surface area contributed by atoms with Crippen molar-refractivity contribution < 1.29 is 9.53 Å². The Balaban J connectivity index is 1.14. The van der Waals surface area contributed by atoms with E-state index in [9.17, 15) is 4.79 Å². The van der Waals surface area contributed by atoms with E-state index in [1.807, 2.05) is 54.6 Å². The number of ether oxygens (including phenoxy) is 1. The molecule has 4 aromatic rings. The molecule has 0 unspecified atom stereocenters. The zero-order chi connectivity index (χ0) is 23.2. The summed E-state index contributed by atoms with van der Waals surface area (Å²) in [6.07, 6.45) is 6.75. The molecule has 0 spiro atoms. The van der Waals surface area contributed by atoms with Gasteiger partial charge < -0.3 is 9.30 Å². The molecule has 0 aliphatic heterocycles. The Bertz CT molecular complexity index is 1290. The molecule has 3 aromatic carbocycles. The highest BCUT2D eigenvalue weighted by Crippen LogP contribution is 2.32. The molecular weight excluding hydrogens is 422 g/mol. The van der Waals surface area contributed by atoms with E-state index in [0.29, 0.717) is 19.6 Å². The van der Waals surface area contributed by atoms with Crippen LogP contribution in [0.3, 0.4) is 0 Å². The molecule has 5 heteroatoms. The minimum atomic E-state index is -0.0820. The number of fused-ring (bicyclic) bond motifs is 3. The number of para-hydroxylation sites is 1. The fraction of sp³-hybridized carbons (Fsp3) is 0.241. The van der Waals surface area contributed by atoms with Gasteiger partial charge in [0.25, 0.3) is 0 Å². The molecule has 1 heterocycles. The van der Waals surface area contributed by atoms with Crippen molar-refractivity contribution in [1.29, 1.82) is 0 Å². The van der Waals surface area contributed by atoms with Gasteiger partial charge in [-0.1, -0.05) is 48.5 Å². The second-order valence-corrected chi connectivity index (χ2v) is 8.69. The topological polar surface area (TPSA) is 55.6 Å². The maximum atomic E-state index is 12.4. The number of aromatic nitrogens is 1. The van der Waals surface area contributed by atoms with Gasteiger partial charge in [0.2, 0.25) is 5.91 Å². The third-order valence-corrected chi connectivity index (χ3v) is 6.38. The van der Waals surface area contributed by atoms with E-state index in [0.717, 1.165) is 29.7 Å². The lowest BCUT2D eigenvalue weighted by Crippen LogP contribution is -2.20. The van der Waals surface area contributed by atoms with Gasteiger partial charge in [0.05, 0.1) is 6.21 Å². The van der Waals surface area contributed by atoms with Crippen LogP contribution in [0.4, 0.5) is 0 Å². The highest BCUT2D eigenvalue weighted by molar-refractivity contribution is 5.86. The van der Waals surface area contributed by atoms with Gasteiger partial charge in [-0.2, -0.15) is 5.10 Å². The van der Waals surface area contributed by atoms with Gasteiger partial charge >= 0.3 is 0 Å². The van der Waals surface area contributed by atoms with E-state index in [1.165, 1.54) is 35.0 Å². The molecule has 0 radical (unpaired) electrons. The molecule has 34 heavy (non-hydrogen) atoms. The second kappa shape index (κ2) is 10.4. The molecule has 5 nitrogen and oxygen atoms in total. The van der Waals surface area contributed by atoms with Gasteiger partial charge in [-0.05, 0) is 72.7 Å². The predicted octanol–water partition coefficient (Wildman–Crippen LogP) is 5.64. The molecule has 1 amide bonds. The fourth-order valence-electron chi connectivity index (χ4n) is 4.68. The zero-order valence-electron chi connectivity index (χ0n) is 19.2. The van der Waals surface area contributed by atoms with Crippen LogP contribution in [-0.2, 0) is 30.8 Å². The number of benzene rings is 3. The van der Waals surface area contributed by atoms with Crippen LogP contribution in [0.15, 0.2) is 84.0 Å². The summed E-state index contributed by atoms with van der Waals surface area (Å²) in [5, 5.41) is 5.48. The van der Waals surface area contributed by atoms with Crippen molar-refractivity contribution in [3.05, 3.63) is 101 Å². The lowest BCUT2D eigenvalue weighted by atomic mass is 9.95. The lowest BCUT2D eigenvalue weighted by Gasteiger charge is -2.15. The Morgan fingerprint density at radius 3 is 2.56 bits per heavy atom. The first-order chi connectivity index (χ1) is 16.8. The van der Waals surface area contributed by atoms with Crippen LogP contribution in [0.25, 0.3) is 10.9 Å². The number of nitrogens with zero attached hydrogens (tertiary/aromatic N) is 2. The SMILES string of the molecule is O=C(CCn1c2c(c3ccccc31)CCCC2)NN=Cc1ccc(OCc2ccccc2)cc1. The maximum absolute atomic E-state index is 12.4. The van der Waals surface area contributed by atoms with Crippen LogP contribution < -0.4 is 10.2 Å². The Hall–Kier alpha value is -3.86. The largest absolute Gasteiger partial charge is 0.489 e. The van der Waals surface area contributed by atoms with Gasteiger partial charge in [-0.3, -0.25) is 4.79 Å². The van der Waals surface area contributed by atoms with Crippen LogP contribution >= 0.6 is 0 Å². The summed E-state index contributed by atoms with van der Waals surface area (Å²) in [5.74, 6) is 0.716. The number of carbonyl (C=O) groups is 1. The van der Waals surface area contributed by atoms with Crippen LogP contribution in [-0.4, -0.2) is 16.7 Å². The van der Waals surface area contributed by atoms with Crippen LogP contribution in [0.2, 0.25) is 0 Å². The van der Waals surface area contributed by atoms with Crippen molar-refractivity contribution in [2.75, 3.05) is 0 Å². The molecule has 0 atom stereocenters. The van der Waals surface area contributed by atoms with Crippen LogP contribution in [0.1, 0.15) is 41.6 Å². The molecule has 0 bridgehead atoms. The predicted molar refractivity (Wildman–Crippen MR) is 136 cm³/mol. The summed E-state index contributed by atoms with van der Waals surface area (Å²) < 4.78 is 8.15. The van der Waals surface area contributed by atoms with Crippen molar-refractivity contribution >= 4 is 23.0 Å². The summed E-state index contributed by atoms with van der Waals surface area (Å²) in [6.45, 7) is 1.20. The van der Waals surface area contributed by atoms with Crippen LogP contribution in [0.5, 0.6) is 5.75 Å². The zero-order valence-corrected chi connectivity index (χ0v) is 19.2. The number of carbonyl (C=O) groups excluding carboxylic acids is 1. The molecule has 1 N–H and O–H groups in total. The molecule has 172 valence electrons. The average Bonchev–Trinajstić information content (AvgIpc) is 3.21. The monoisotopic (exact) mass is 451 g/mol. The van der Waals surface area contributed by atoms with E-state index in [-0.39, 0.29) is 5.91 Å². The third kappa shape index (κ3) is 5.04. The summed E-state index contributed by atoms with van der Waals surface area (Å²) in [4.78, 5) is 12.4. The van der Waals surface area contributed by atoms with E-state index in [4.69, 9.17) is 4.74 Å². The number of amides is 1. The van der Waals surface area contributed by atoms with Gasteiger partial charge in [0.15, 0.2) is 0 Å². The number of hydrogen-bond acceptors (Lipinski definition) is 3. The highest BCUT2D eigenvalue weighted by Gasteiger charge is 2.19. The summed E-state index contributed by atoms with van der Waals surface area (Å²) in [6, 6.07) is 26.3. The van der Waals surface area contributed by atoms with Gasteiger partial charge in [-0.15, -0.1) is 0 Å². The molecular formula is C29H29N3O2. The van der Waals surface area contributed by atoms with E-state index >= 15 is 0 Å². The first-order valence-corrected chi connectivity index (χ1v) is 12.0. The average molecular weight is 452 g/mol. The first-order valence-electron chi connectivity index (χ1n) is 12.0. The molecule has 1 aromatic heterocycles. The van der Waals surface area contributed by atoms with Crippen LogP contribution in [0, 0.1) is 0 Å². The Kier molecular flexibility index (Phi) is 6.71. The highest BCUT2D eigenvalue weighted by atomic mass is 16.5. The van der Waals surface area contributed by atoms with Crippen molar-refractivity contribution in [2.24, 2.45) is 5.10 Å². The Morgan fingerprint density at radius 1 is 0.941 bits per heavy atom. The standard InChI is InChI=1S/C29H29N3O2/c33-29(18-19-32-27-12-6-4-10-25(27)26-11-5-7-13-28(26)32)31-30-20-22-14-16-24(17-15-22)34-21-23-8-2-1-3-9-23/h1-4,6,8-10,12,14-17,20H,5,7,11,13,18-19,21H2,(H,31,33). The van der Waals surface area contributed by atoms with Crippen molar-refractivity contribution in [3.8, 4) is 5.75 Å². The molecule has 0 saturated carbocycles. The maximum Gasteiger partial charge on any atom is 0.241 e. The quantitative estimate of drug-likeness (QED) is 0.278. The number of hydrogen-bond donors (Lipinski definition) is 1. The van der Waals surface area contributed by atoms with Gasteiger partial charge in [0.1, 0.15) is 12.4 Å². The molecule has 1 aliphatic rings. The number of hydrazone groups is 1. The van der Waals surface area contributed by atoms with Gasteiger partial charge in [0, 0.05) is 29.6 Å². The number of rotatable bonds is 8. The first kappa shape index (κ1) is 22.0.